The van der Waals surface area contributed by atoms with Crippen molar-refractivity contribution in [3.05, 3.63) is 72.9 Å². The quantitative estimate of drug-likeness (QED) is 0.270. The van der Waals surface area contributed by atoms with E-state index in [2.05, 4.69) is 85.2 Å². The third kappa shape index (κ3) is 18.4. The Bertz CT molecular complexity index is 605. The van der Waals surface area contributed by atoms with Gasteiger partial charge in [0, 0.05) is 19.6 Å². The van der Waals surface area contributed by atoms with Gasteiger partial charge in [0.25, 0.3) is 0 Å². The molecule has 0 aliphatic carbocycles. The summed E-state index contributed by atoms with van der Waals surface area (Å²) in [6, 6.07) is 0. The van der Waals surface area contributed by atoms with E-state index in [1.54, 1.807) is 0 Å². The molecule has 1 rings (SSSR count). The van der Waals surface area contributed by atoms with Gasteiger partial charge < -0.3 is 10.1 Å². The standard InChI is InChI=1S/C28H43NO2/c1-2-3-4-5-6-7-8-9-10-11-12-13-14-15-16-17-18-19-20-23-28(30)29-25-27-22-21-24-31-26-27/h3-4,6-7,9-10,12-13,15-16,18-19,27H,2,5,8,11,14,17,20-26H2,1H3,(H,29,30). The average molecular weight is 426 g/mol. The van der Waals surface area contributed by atoms with Crippen LogP contribution in [0.25, 0.3) is 0 Å². The molecule has 0 bridgehead atoms. The molecule has 1 aliphatic heterocycles. The van der Waals surface area contributed by atoms with Crippen molar-refractivity contribution < 1.29 is 9.53 Å². The van der Waals surface area contributed by atoms with Crippen LogP contribution in [-0.4, -0.2) is 25.7 Å². The number of amides is 1. The lowest BCUT2D eigenvalue weighted by molar-refractivity contribution is -0.121. The molecule has 3 heteroatoms. The molecule has 0 aromatic rings. The summed E-state index contributed by atoms with van der Waals surface area (Å²) in [7, 11) is 0. The van der Waals surface area contributed by atoms with Crippen LogP contribution in [0.3, 0.4) is 0 Å². The van der Waals surface area contributed by atoms with Crippen LogP contribution in [0.4, 0.5) is 0 Å². The highest BCUT2D eigenvalue weighted by molar-refractivity contribution is 5.75. The Morgan fingerprint density at radius 2 is 1.32 bits per heavy atom. The van der Waals surface area contributed by atoms with Gasteiger partial charge in [0.1, 0.15) is 0 Å². The van der Waals surface area contributed by atoms with E-state index in [0.717, 1.165) is 77.5 Å². The summed E-state index contributed by atoms with van der Waals surface area (Å²) in [6.45, 7) is 4.56. The first kappa shape index (κ1) is 26.9. The first-order chi connectivity index (χ1) is 15.3. The molecular weight excluding hydrogens is 382 g/mol. The van der Waals surface area contributed by atoms with E-state index in [-0.39, 0.29) is 5.91 Å². The van der Waals surface area contributed by atoms with E-state index in [4.69, 9.17) is 4.74 Å². The van der Waals surface area contributed by atoms with Crippen LogP contribution in [0.2, 0.25) is 0 Å². The van der Waals surface area contributed by atoms with E-state index >= 15 is 0 Å². The summed E-state index contributed by atoms with van der Waals surface area (Å²) in [4.78, 5) is 11.9. The predicted molar refractivity (Wildman–Crippen MR) is 134 cm³/mol. The molecule has 0 radical (unpaired) electrons. The third-order valence-corrected chi connectivity index (χ3v) is 4.98. The molecule has 1 amide bonds. The summed E-state index contributed by atoms with van der Waals surface area (Å²) in [5.74, 6) is 0.633. The largest absolute Gasteiger partial charge is 0.381 e. The fraction of sp³-hybridized carbons (Fsp3) is 0.536. The Morgan fingerprint density at radius 3 is 1.81 bits per heavy atom. The van der Waals surface area contributed by atoms with Crippen LogP contribution in [-0.2, 0) is 9.53 Å². The Kier molecular flexibility index (Phi) is 18.3. The SMILES string of the molecule is CCC=CCC=CCC=CCC=CCC=CCC=CCCC(=O)NCC1CCCOC1. The minimum Gasteiger partial charge on any atom is -0.381 e. The number of rotatable bonds is 16. The summed E-state index contributed by atoms with van der Waals surface area (Å²) < 4.78 is 5.44. The molecule has 1 N–H and O–H groups in total. The van der Waals surface area contributed by atoms with Crippen molar-refractivity contribution in [1.82, 2.24) is 5.32 Å². The first-order valence-electron chi connectivity index (χ1n) is 12.1. The molecule has 172 valence electrons. The zero-order valence-corrected chi connectivity index (χ0v) is 19.5. The number of carbonyl (C=O) groups is 1. The molecule has 0 saturated carbocycles. The van der Waals surface area contributed by atoms with Crippen LogP contribution in [0, 0.1) is 5.92 Å². The number of hydrogen-bond donors (Lipinski definition) is 1. The number of carbonyl (C=O) groups excluding carboxylic acids is 1. The molecule has 1 saturated heterocycles. The lowest BCUT2D eigenvalue weighted by Gasteiger charge is -2.22. The van der Waals surface area contributed by atoms with E-state index in [1.165, 1.54) is 0 Å². The smallest absolute Gasteiger partial charge is 0.220 e. The number of nitrogens with one attached hydrogen (secondary N) is 1. The van der Waals surface area contributed by atoms with Crippen molar-refractivity contribution in [2.45, 2.75) is 71.1 Å². The van der Waals surface area contributed by atoms with Crippen molar-refractivity contribution in [1.29, 1.82) is 0 Å². The fourth-order valence-electron chi connectivity index (χ4n) is 3.17. The fourth-order valence-corrected chi connectivity index (χ4v) is 3.17. The molecule has 1 fully saturated rings. The lowest BCUT2D eigenvalue weighted by Crippen LogP contribution is -2.33. The molecule has 0 aromatic carbocycles. The average Bonchev–Trinajstić information content (AvgIpc) is 2.80. The van der Waals surface area contributed by atoms with Crippen molar-refractivity contribution in [2.75, 3.05) is 19.8 Å². The van der Waals surface area contributed by atoms with E-state index < -0.39 is 0 Å². The van der Waals surface area contributed by atoms with Gasteiger partial charge in [0.15, 0.2) is 0 Å². The highest BCUT2D eigenvalue weighted by Gasteiger charge is 2.14. The summed E-state index contributed by atoms with van der Waals surface area (Å²) in [5.41, 5.74) is 0. The van der Waals surface area contributed by atoms with Crippen LogP contribution in [0.15, 0.2) is 72.9 Å². The van der Waals surface area contributed by atoms with E-state index in [9.17, 15) is 4.79 Å². The molecule has 1 atom stereocenters. The van der Waals surface area contributed by atoms with Crippen LogP contribution in [0.5, 0.6) is 0 Å². The second kappa shape index (κ2) is 21.1. The minimum absolute atomic E-state index is 0.144. The number of hydrogen-bond acceptors (Lipinski definition) is 2. The maximum absolute atomic E-state index is 11.9. The maximum atomic E-state index is 11.9. The Morgan fingerprint density at radius 1 is 0.806 bits per heavy atom. The monoisotopic (exact) mass is 425 g/mol. The topological polar surface area (TPSA) is 38.3 Å². The molecule has 1 aliphatic rings. The maximum Gasteiger partial charge on any atom is 0.220 e. The van der Waals surface area contributed by atoms with Gasteiger partial charge in [-0.2, -0.15) is 0 Å². The zero-order chi connectivity index (χ0) is 22.2. The van der Waals surface area contributed by atoms with Crippen molar-refractivity contribution in [2.24, 2.45) is 5.92 Å². The zero-order valence-electron chi connectivity index (χ0n) is 19.5. The molecular formula is C28H43NO2. The van der Waals surface area contributed by atoms with Gasteiger partial charge >= 0.3 is 0 Å². The van der Waals surface area contributed by atoms with Crippen molar-refractivity contribution in [3.8, 4) is 0 Å². The number of ether oxygens (including phenoxy) is 1. The lowest BCUT2D eigenvalue weighted by atomic mass is 10.0. The van der Waals surface area contributed by atoms with Gasteiger partial charge in [-0.05, 0) is 63.7 Å². The molecule has 0 aromatic heterocycles. The van der Waals surface area contributed by atoms with Crippen LogP contribution < -0.4 is 5.32 Å². The summed E-state index contributed by atoms with van der Waals surface area (Å²) in [6.07, 6.45) is 36.0. The second-order valence-corrected chi connectivity index (χ2v) is 7.84. The highest BCUT2D eigenvalue weighted by atomic mass is 16.5. The normalized spacial score (nSPS) is 18.0. The molecule has 31 heavy (non-hydrogen) atoms. The van der Waals surface area contributed by atoms with Gasteiger partial charge in [0.05, 0.1) is 6.61 Å². The Hall–Kier alpha value is -2.13. The third-order valence-electron chi connectivity index (χ3n) is 4.98. The van der Waals surface area contributed by atoms with Gasteiger partial charge in [-0.25, -0.2) is 0 Å². The first-order valence-corrected chi connectivity index (χ1v) is 12.1. The highest BCUT2D eigenvalue weighted by Crippen LogP contribution is 2.12. The van der Waals surface area contributed by atoms with Gasteiger partial charge in [-0.3, -0.25) is 4.79 Å². The Balaban J connectivity index is 1.93. The molecule has 3 nitrogen and oxygen atoms in total. The predicted octanol–water partition coefficient (Wildman–Crippen LogP) is 7.01. The number of allylic oxidation sites excluding steroid dienone is 12. The summed E-state index contributed by atoms with van der Waals surface area (Å²) in [5, 5.41) is 3.03. The summed E-state index contributed by atoms with van der Waals surface area (Å²) >= 11 is 0. The van der Waals surface area contributed by atoms with Crippen molar-refractivity contribution in [3.63, 3.8) is 0 Å². The van der Waals surface area contributed by atoms with E-state index in [0.29, 0.717) is 12.3 Å². The minimum atomic E-state index is 0.144. The van der Waals surface area contributed by atoms with Gasteiger partial charge in [0.2, 0.25) is 5.91 Å². The molecule has 1 unspecified atom stereocenters. The van der Waals surface area contributed by atoms with Crippen molar-refractivity contribution >= 4 is 5.91 Å². The molecule has 0 spiro atoms. The van der Waals surface area contributed by atoms with Crippen LogP contribution in [0.1, 0.15) is 71.1 Å². The molecule has 1 heterocycles. The van der Waals surface area contributed by atoms with Crippen LogP contribution >= 0.6 is 0 Å². The van der Waals surface area contributed by atoms with E-state index in [1.807, 2.05) is 0 Å². The van der Waals surface area contributed by atoms with Gasteiger partial charge in [-0.1, -0.05) is 79.8 Å². The van der Waals surface area contributed by atoms with Gasteiger partial charge in [-0.15, -0.1) is 0 Å². The second-order valence-electron chi connectivity index (χ2n) is 7.84. The Labute approximate surface area is 190 Å².